The van der Waals surface area contributed by atoms with Crippen LogP contribution in [0.5, 0.6) is 5.88 Å². The lowest BCUT2D eigenvalue weighted by atomic mass is 9.87. The van der Waals surface area contributed by atoms with Crippen molar-refractivity contribution in [1.82, 2.24) is 9.97 Å². The zero-order valence-corrected chi connectivity index (χ0v) is 8.24. The quantitative estimate of drug-likeness (QED) is 0.608. The maximum atomic E-state index is 5.70. The summed E-state index contributed by atoms with van der Waals surface area (Å²) in [6.07, 6.45) is 4.48. The average molecular weight is 178 g/mol. The first kappa shape index (κ1) is 8.48. The van der Waals surface area contributed by atoms with Crippen molar-refractivity contribution < 1.29 is 4.74 Å². The maximum absolute atomic E-state index is 5.70. The minimum Gasteiger partial charge on any atom is -0.472 e. The van der Waals surface area contributed by atoms with E-state index < -0.39 is 0 Å². The molecule has 70 valence electrons. The fourth-order valence-electron chi connectivity index (χ4n) is 1.43. The van der Waals surface area contributed by atoms with Crippen LogP contribution < -0.4 is 4.74 Å². The molecule has 2 rings (SSSR count). The molecule has 13 heavy (non-hydrogen) atoms. The van der Waals surface area contributed by atoms with Crippen LogP contribution in [-0.2, 0) is 6.42 Å². The first-order chi connectivity index (χ1) is 6.07. The molecule has 0 saturated heterocycles. The number of nitrogens with zero attached hydrogens (tertiary/aromatic N) is 2. The number of ether oxygens (including phenoxy) is 1. The van der Waals surface area contributed by atoms with Crippen molar-refractivity contribution in [1.29, 1.82) is 0 Å². The molecule has 1 aliphatic heterocycles. The minimum absolute atomic E-state index is 0.155. The monoisotopic (exact) mass is 178 g/mol. The lowest BCUT2D eigenvalue weighted by Gasteiger charge is -2.25. The molecule has 0 radical (unpaired) electrons. The lowest BCUT2D eigenvalue weighted by molar-refractivity contribution is 0.105. The van der Waals surface area contributed by atoms with E-state index >= 15 is 0 Å². The van der Waals surface area contributed by atoms with Crippen molar-refractivity contribution >= 4 is 0 Å². The highest BCUT2D eigenvalue weighted by molar-refractivity contribution is 5.23. The number of rotatable bonds is 0. The molecule has 0 aromatic carbocycles. The maximum Gasteiger partial charge on any atom is 0.236 e. The van der Waals surface area contributed by atoms with Gasteiger partial charge >= 0.3 is 0 Å². The molecule has 1 atom stereocenters. The van der Waals surface area contributed by atoms with Gasteiger partial charge in [-0.25, -0.2) is 4.98 Å². The molecule has 3 nitrogen and oxygen atoms in total. The first-order valence-electron chi connectivity index (χ1n) is 4.54. The van der Waals surface area contributed by atoms with Gasteiger partial charge in [-0.15, -0.1) is 0 Å². The molecule has 0 fully saturated rings. The molecule has 1 aromatic rings. The van der Waals surface area contributed by atoms with Crippen molar-refractivity contribution in [2.75, 3.05) is 0 Å². The van der Waals surface area contributed by atoms with E-state index in [0.29, 0.717) is 5.88 Å². The van der Waals surface area contributed by atoms with Crippen molar-refractivity contribution in [3.05, 3.63) is 18.1 Å². The van der Waals surface area contributed by atoms with Gasteiger partial charge in [0.1, 0.15) is 11.8 Å². The fraction of sp³-hybridized carbons (Fsp3) is 0.600. The highest BCUT2D eigenvalue weighted by Crippen LogP contribution is 2.33. The van der Waals surface area contributed by atoms with Crippen LogP contribution in [0.1, 0.15) is 26.5 Å². The Balaban J connectivity index is 2.23. The second-order valence-corrected chi connectivity index (χ2v) is 4.48. The molecule has 0 amide bonds. The van der Waals surface area contributed by atoms with E-state index in [-0.39, 0.29) is 11.5 Å². The van der Waals surface area contributed by atoms with Gasteiger partial charge < -0.3 is 4.74 Å². The normalized spacial score (nSPS) is 21.0. The first-order valence-corrected chi connectivity index (χ1v) is 4.54. The molecule has 0 bridgehead atoms. The van der Waals surface area contributed by atoms with Gasteiger partial charge in [0, 0.05) is 18.8 Å². The topological polar surface area (TPSA) is 35.0 Å². The zero-order chi connectivity index (χ0) is 9.47. The fourth-order valence-corrected chi connectivity index (χ4v) is 1.43. The Morgan fingerprint density at radius 2 is 2.00 bits per heavy atom. The Labute approximate surface area is 78.2 Å². The van der Waals surface area contributed by atoms with Crippen molar-refractivity contribution in [3.8, 4) is 5.88 Å². The molecule has 3 heteroatoms. The molecule has 1 aliphatic rings. The molecule has 0 saturated carbocycles. The SMILES string of the molecule is CC(C)(C)C1Cc2nccnc2O1. The largest absolute Gasteiger partial charge is 0.472 e. The summed E-state index contributed by atoms with van der Waals surface area (Å²) in [5, 5.41) is 0. The lowest BCUT2D eigenvalue weighted by Crippen LogP contribution is -2.30. The highest BCUT2D eigenvalue weighted by atomic mass is 16.5. The predicted molar refractivity (Wildman–Crippen MR) is 49.6 cm³/mol. The van der Waals surface area contributed by atoms with E-state index in [1.165, 1.54) is 0 Å². The van der Waals surface area contributed by atoms with E-state index in [2.05, 4.69) is 30.7 Å². The molecular formula is C10H14N2O. The number of aromatic nitrogens is 2. The summed E-state index contributed by atoms with van der Waals surface area (Å²) in [4.78, 5) is 8.37. The van der Waals surface area contributed by atoms with Crippen molar-refractivity contribution in [2.24, 2.45) is 5.41 Å². The molecule has 0 N–H and O–H groups in total. The van der Waals surface area contributed by atoms with E-state index in [1.807, 2.05) is 0 Å². The molecular weight excluding hydrogens is 164 g/mol. The zero-order valence-electron chi connectivity index (χ0n) is 8.24. The van der Waals surface area contributed by atoms with Gasteiger partial charge in [0.25, 0.3) is 0 Å². The molecule has 1 aromatic heterocycles. The van der Waals surface area contributed by atoms with Crippen LogP contribution in [0.15, 0.2) is 12.4 Å². The Hall–Kier alpha value is -1.12. The third kappa shape index (κ3) is 1.50. The molecule has 2 heterocycles. The second-order valence-electron chi connectivity index (χ2n) is 4.48. The van der Waals surface area contributed by atoms with Gasteiger partial charge in [0.15, 0.2) is 0 Å². The molecule has 0 aliphatic carbocycles. The van der Waals surface area contributed by atoms with Crippen LogP contribution in [0, 0.1) is 5.41 Å². The smallest absolute Gasteiger partial charge is 0.236 e. The summed E-state index contributed by atoms with van der Waals surface area (Å²) in [6, 6.07) is 0. The third-order valence-corrected chi connectivity index (χ3v) is 2.33. The van der Waals surface area contributed by atoms with Crippen LogP contribution in [0.3, 0.4) is 0 Å². The van der Waals surface area contributed by atoms with Crippen LogP contribution in [0.2, 0.25) is 0 Å². The van der Waals surface area contributed by atoms with E-state index in [9.17, 15) is 0 Å². The van der Waals surface area contributed by atoms with Gasteiger partial charge in [-0.05, 0) is 5.41 Å². The van der Waals surface area contributed by atoms with Gasteiger partial charge in [0.05, 0.1) is 0 Å². The summed E-state index contributed by atoms with van der Waals surface area (Å²) >= 11 is 0. The second kappa shape index (κ2) is 2.69. The highest BCUT2D eigenvalue weighted by Gasteiger charge is 2.34. The van der Waals surface area contributed by atoms with Crippen LogP contribution in [-0.4, -0.2) is 16.1 Å². The Morgan fingerprint density at radius 3 is 2.62 bits per heavy atom. The summed E-state index contributed by atoms with van der Waals surface area (Å²) in [5.41, 5.74) is 1.14. The number of hydrogen-bond donors (Lipinski definition) is 0. The van der Waals surface area contributed by atoms with Crippen LogP contribution >= 0.6 is 0 Å². The third-order valence-electron chi connectivity index (χ3n) is 2.33. The summed E-state index contributed by atoms with van der Waals surface area (Å²) < 4.78 is 5.70. The standard InChI is InChI=1S/C10H14N2O/c1-10(2,3)8-6-7-9(13-8)12-5-4-11-7/h4-5,8H,6H2,1-3H3. The Bertz CT molecular complexity index is 292. The minimum atomic E-state index is 0.155. The number of hydrogen-bond acceptors (Lipinski definition) is 3. The van der Waals surface area contributed by atoms with Crippen molar-refractivity contribution in [2.45, 2.75) is 33.3 Å². The van der Waals surface area contributed by atoms with Gasteiger partial charge in [0.2, 0.25) is 5.88 Å². The Morgan fingerprint density at radius 1 is 1.31 bits per heavy atom. The number of fused-ring (bicyclic) bond motifs is 1. The molecule has 1 unspecified atom stereocenters. The van der Waals surface area contributed by atoms with Gasteiger partial charge in [-0.2, -0.15) is 0 Å². The van der Waals surface area contributed by atoms with E-state index in [1.54, 1.807) is 12.4 Å². The van der Waals surface area contributed by atoms with Gasteiger partial charge in [-0.3, -0.25) is 4.98 Å². The van der Waals surface area contributed by atoms with Crippen molar-refractivity contribution in [3.63, 3.8) is 0 Å². The Kier molecular flexibility index (Phi) is 1.75. The summed E-state index contributed by atoms with van der Waals surface area (Å²) in [5.74, 6) is 0.711. The van der Waals surface area contributed by atoms with Gasteiger partial charge in [-0.1, -0.05) is 20.8 Å². The predicted octanol–water partition coefficient (Wildman–Crippen LogP) is 1.83. The van der Waals surface area contributed by atoms with E-state index in [0.717, 1.165) is 12.1 Å². The van der Waals surface area contributed by atoms with E-state index in [4.69, 9.17) is 4.74 Å². The summed E-state index contributed by atoms with van der Waals surface area (Å²) in [7, 11) is 0. The molecule has 0 spiro atoms. The van der Waals surface area contributed by atoms with Crippen LogP contribution in [0.25, 0.3) is 0 Å². The summed E-state index contributed by atoms with van der Waals surface area (Å²) in [6.45, 7) is 6.51. The average Bonchev–Trinajstić information content (AvgIpc) is 2.45. The van der Waals surface area contributed by atoms with Crippen LogP contribution in [0.4, 0.5) is 0 Å².